The zero-order valence-electron chi connectivity index (χ0n) is 11.0. The minimum absolute atomic E-state index is 0.0279. The largest absolute Gasteiger partial charge is 0.306 e. The highest BCUT2D eigenvalue weighted by molar-refractivity contribution is 7.79. The molecule has 0 amide bonds. The quantitative estimate of drug-likeness (QED) is 0.570. The molecule has 0 heterocycles. The second-order valence-electron chi connectivity index (χ2n) is 6.63. The van der Waals surface area contributed by atoms with E-state index in [1.807, 2.05) is 0 Å². The van der Waals surface area contributed by atoms with Crippen molar-refractivity contribution in [3.63, 3.8) is 0 Å². The molecule has 0 aliphatic heterocycles. The van der Waals surface area contributed by atoms with Gasteiger partial charge < -0.3 is 4.55 Å². The zero-order valence-corrected chi connectivity index (χ0v) is 11.8. The van der Waals surface area contributed by atoms with Crippen molar-refractivity contribution in [3.05, 3.63) is 12.2 Å². The molecular formula is C14H24O2S. The molecule has 3 heteroatoms. The predicted molar refractivity (Wildman–Crippen MR) is 72.2 cm³/mol. The van der Waals surface area contributed by atoms with Crippen molar-refractivity contribution in [2.75, 3.05) is 0 Å². The molecule has 0 saturated heterocycles. The van der Waals surface area contributed by atoms with Gasteiger partial charge in [0.1, 0.15) is 0 Å². The normalized spacial score (nSPS) is 44.9. The van der Waals surface area contributed by atoms with Crippen LogP contribution in [0, 0.1) is 10.8 Å². The predicted octanol–water partition coefficient (Wildman–Crippen LogP) is 3.90. The van der Waals surface area contributed by atoms with Gasteiger partial charge in [-0.1, -0.05) is 26.0 Å². The second kappa shape index (κ2) is 4.51. The summed E-state index contributed by atoms with van der Waals surface area (Å²) >= 11 is -1.66. The highest BCUT2D eigenvalue weighted by atomic mass is 32.2. The fraction of sp³-hybridized carbons (Fsp3) is 0.857. The Balaban J connectivity index is 2.22. The molecule has 4 unspecified atom stereocenters. The molecule has 0 aromatic rings. The Labute approximate surface area is 107 Å². The van der Waals surface area contributed by atoms with Gasteiger partial charge in [0.05, 0.1) is 5.25 Å². The fourth-order valence-corrected chi connectivity index (χ4v) is 4.36. The van der Waals surface area contributed by atoms with E-state index < -0.39 is 11.1 Å². The monoisotopic (exact) mass is 256 g/mol. The Bertz CT molecular complexity index is 352. The molecule has 0 spiro atoms. The average molecular weight is 256 g/mol. The summed E-state index contributed by atoms with van der Waals surface area (Å²) in [5, 5.41) is -0.0279. The Kier molecular flexibility index (Phi) is 3.52. The number of fused-ring (bicyclic) bond motifs is 2. The minimum Gasteiger partial charge on any atom is -0.306 e. The van der Waals surface area contributed by atoms with Gasteiger partial charge in [-0.05, 0) is 55.8 Å². The molecule has 0 aromatic carbocycles. The van der Waals surface area contributed by atoms with E-state index >= 15 is 0 Å². The first-order valence-electron chi connectivity index (χ1n) is 6.63. The van der Waals surface area contributed by atoms with E-state index in [2.05, 4.69) is 20.4 Å². The van der Waals surface area contributed by atoms with Crippen LogP contribution in [0.2, 0.25) is 0 Å². The Morgan fingerprint density at radius 1 is 1.29 bits per heavy atom. The maximum Gasteiger partial charge on any atom is 0.155 e. The molecule has 2 rings (SSSR count). The van der Waals surface area contributed by atoms with Crippen molar-refractivity contribution in [1.82, 2.24) is 0 Å². The van der Waals surface area contributed by atoms with Gasteiger partial charge in [-0.15, -0.1) is 0 Å². The standard InChI is InChI=1S/C14H24O2S/c1-11-4-7-13(2)8-5-12(17(15)16)6-9-14(11,3)10-13/h12H,1,4-10H2,2-3H3,(H,15,16). The lowest BCUT2D eigenvalue weighted by atomic mass is 9.57. The van der Waals surface area contributed by atoms with Gasteiger partial charge in [-0.3, -0.25) is 0 Å². The molecule has 2 fully saturated rings. The van der Waals surface area contributed by atoms with E-state index in [-0.39, 0.29) is 10.7 Å². The molecule has 1 N–H and O–H groups in total. The molecule has 2 aliphatic carbocycles. The summed E-state index contributed by atoms with van der Waals surface area (Å²) in [5.74, 6) is 0. The lowest BCUT2D eigenvalue weighted by Crippen LogP contribution is -2.38. The summed E-state index contributed by atoms with van der Waals surface area (Å²) in [7, 11) is 0. The molecule has 2 saturated carbocycles. The van der Waals surface area contributed by atoms with Crippen LogP contribution in [0.15, 0.2) is 12.2 Å². The average Bonchev–Trinajstić information content (AvgIpc) is 2.22. The van der Waals surface area contributed by atoms with Gasteiger partial charge in [0.25, 0.3) is 0 Å². The zero-order chi connectivity index (χ0) is 12.7. The van der Waals surface area contributed by atoms with E-state index in [4.69, 9.17) is 0 Å². The Morgan fingerprint density at radius 3 is 2.59 bits per heavy atom. The van der Waals surface area contributed by atoms with Crippen LogP contribution in [0.5, 0.6) is 0 Å². The molecular weight excluding hydrogens is 232 g/mol. The maximum atomic E-state index is 11.3. The van der Waals surface area contributed by atoms with Crippen LogP contribution in [0.3, 0.4) is 0 Å². The maximum absolute atomic E-state index is 11.3. The molecule has 17 heavy (non-hydrogen) atoms. The molecule has 2 bridgehead atoms. The van der Waals surface area contributed by atoms with Crippen LogP contribution in [0.4, 0.5) is 0 Å². The van der Waals surface area contributed by atoms with Gasteiger partial charge in [0.2, 0.25) is 0 Å². The summed E-state index contributed by atoms with van der Waals surface area (Å²) in [4.78, 5) is 0. The summed E-state index contributed by atoms with van der Waals surface area (Å²) in [6.07, 6.45) is 7.44. The van der Waals surface area contributed by atoms with E-state index in [0.29, 0.717) is 5.41 Å². The van der Waals surface area contributed by atoms with Crippen LogP contribution in [-0.2, 0) is 11.1 Å². The molecule has 2 aliphatic rings. The topological polar surface area (TPSA) is 37.3 Å². The first-order chi connectivity index (χ1) is 7.85. The van der Waals surface area contributed by atoms with Crippen LogP contribution < -0.4 is 0 Å². The van der Waals surface area contributed by atoms with E-state index in [1.54, 1.807) is 0 Å². The fourth-order valence-electron chi connectivity index (χ4n) is 3.72. The number of allylic oxidation sites excluding steroid dienone is 1. The Hall–Kier alpha value is -0.150. The van der Waals surface area contributed by atoms with Gasteiger partial charge >= 0.3 is 0 Å². The third-order valence-corrected chi connectivity index (χ3v) is 6.12. The van der Waals surface area contributed by atoms with Crippen molar-refractivity contribution in [3.8, 4) is 0 Å². The van der Waals surface area contributed by atoms with Crippen LogP contribution >= 0.6 is 0 Å². The number of rotatable bonds is 1. The van der Waals surface area contributed by atoms with Crippen LogP contribution in [0.25, 0.3) is 0 Å². The molecule has 4 atom stereocenters. The SMILES string of the molecule is C=C1CCC2(C)CCC(S(=O)O)CCC1(C)C2. The summed E-state index contributed by atoms with van der Waals surface area (Å²) < 4.78 is 20.7. The van der Waals surface area contributed by atoms with Gasteiger partial charge in [-0.25, -0.2) is 4.21 Å². The minimum atomic E-state index is -1.66. The molecule has 0 aromatic heterocycles. The number of hydrogen-bond donors (Lipinski definition) is 1. The van der Waals surface area contributed by atoms with Crippen LogP contribution in [0.1, 0.15) is 58.8 Å². The lowest BCUT2D eigenvalue weighted by molar-refractivity contribution is 0.101. The lowest BCUT2D eigenvalue weighted by Gasteiger charge is -2.48. The van der Waals surface area contributed by atoms with Crippen molar-refractivity contribution in [2.24, 2.45) is 10.8 Å². The summed E-state index contributed by atoms with van der Waals surface area (Å²) in [6, 6.07) is 0. The van der Waals surface area contributed by atoms with Crippen molar-refractivity contribution in [2.45, 2.75) is 64.0 Å². The van der Waals surface area contributed by atoms with Gasteiger partial charge in [0.15, 0.2) is 11.1 Å². The first kappa shape index (κ1) is 13.3. The van der Waals surface area contributed by atoms with Crippen molar-refractivity contribution < 1.29 is 8.76 Å². The van der Waals surface area contributed by atoms with Gasteiger partial charge in [0, 0.05) is 0 Å². The third-order valence-electron chi connectivity index (χ3n) is 5.07. The highest BCUT2D eigenvalue weighted by Gasteiger charge is 2.43. The highest BCUT2D eigenvalue weighted by Crippen LogP contribution is 2.54. The van der Waals surface area contributed by atoms with Gasteiger partial charge in [-0.2, -0.15) is 0 Å². The molecule has 98 valence electrons. The summed E-state index contributed by atoms with van der Waals surface area (Å²) in [6.45, 7) is 8.89. The number of hydrogen-bond acceptors (Lipinski definition) is 1. The first-order valence-corrected chi connectivity index (χ1v) is 7.80. The second-order valence-corrected chi connectivity index (χ2v) is 7.85. The molecule has 0 radical (unpaired) electrons. The molecule has 2 nitrogen and oxygen atoms in total. The van der Waals surface area contributed by atoms with E-state index in [1.165, 1.54) is 18.4 Å². The van der Waals surface area contributed by atoms with Crippen molar-refractivity contribution in [1.29, 1.82) is 0 Å². The third kappa shape index (κ3) is 2.65. The van der Waals surface area contributed by atoms with E-state index in [0.717, 1.165) is 32.1 Å². The van der Waals surface area contributed by atoms with Crippen LogP contribution in [-0.4, -0.2) is 14.0 Å². The Morgan fingerprint density at radius 2 is 1.94 bits per heavy atom. The van der Waals surface area contributed by atoms with E-state index in [9.17, 15) is 8.76 Å². The summed E-state index contributed by atoms with van der Waals surface area (Å²) in [5.41, 5.74) is 1.92. The van der Waals surface area contributed by atoms with Crippen molar-refractivity contribution >= 4 is 11.1 Å². The smallest absolute Gasteiger partial charge is 0.155 e.